The molecule has 0 spiro atoms. The van der Waals surface area contributed by atoms with Gasteiger partial charge in [-0.05, 0) is 12.1 Å². The molecule has 1 fully saturated rings. The fourth-order valence-corrected chi connectivity index (χ4v) is 3.35. The van der Waals surface area contributed by atoms with E-state index in [0.717, 1.165) is 0 Å². The molecule has 0 unspecified atom stereocenters. The summed E-state index contributed by atoms with van der Waals surface area (Å²) in [5.74, 6) is -0.966. The van der Waals surface area contributed by atoms with Gasteiger partial charge in [-0.1, -0.05) is 6.07 Å². The summed E-state index contributed by atoms with van der Waals surface area (Å²) in [6.45, 7) is 0.606. The third-order valence-electron chi connectivity index (χ3n) is 3.25. The summed E-state index contributed by atoms with van der Waals surface area (Å²) in [7, 11) is -2.98. The van der Waals surface area contributed by atoms with Gasteiger partial charge in [-0.15, -0.1) is 0 Å². The zero-order chi connectivity index (χ0) is 14.3. The summed E-state index contributed by atoms with van der Waals surface area (Å²) in [6.07, 6.45) is 0. The molecule has 2 aromatic rings. The van der Waals surface area contributed by atoms with Crippen molar-refractivity contribution in [2.45, 2.75) is 0 Å². The third-order valence-corrected chi connectivity index (χ3v) is 4.86. The van der Waals surface area contributed by atoms with Gasteiger partial charge in [0, 0.05) is 13.1 Å². The number of aromatic nitrogens is 1. The van der Waals surface area contributed by atoms with Crippen molar-refractivity contribution >= 4 is 32.9 Å². The molecule has 2 heterocycles. The van der Waals surface area contributed by atoms with Crippen molar-refractivity contribution in [3.8, 4) is 0 Å². The Labute approximate surface area is 134 Å². The molecule has 9 heteroatoms. The SMILES string of the molecule is O=C(O)c1cccc2oc(N3CCS(=O)(=O)CC3)nc12.[H-].[Li+]. The molecule has 0 aliphatic carbocycles. The second-order valence-electron chi connectivity index (χ2n) is 4.59. The van der Waals surface area contributed by atoms with Crippen molar-refractivity contribution in [1.29, 1.82) is 0 Å². The minimum atomic E-state index is -2.98. The number of oxazole rings is 1. The summed E-state index contributed by atoms with van der Waals surface area (Å²) in [6, 6.07) is 4.95. The first-order valence-electron chi connectivity index (χ1n) is 6.04. The summed E-state index contributed by atoms with van der Waals surface area (Å²) in [5.41, 5.74) is 0.735. The number of hydrogen-bond donors (Lipinski definition) is 1. The molecular weight excluding hydrogens is 291 g/mol. The van der Waals surface area contributed by atoms with Crippen molar-refractivity contribution < 1.29 is 43.0 Å². The molecule has 0 saturated carbocycles. The number of carbonyl (C=O) groups is 1. The molecule has 1 aliphatic heterocycles. The smallest absolute Gasteiger partial charge is 1.00 e. The summed E-state index contributed by atoms with van der Waals surface area (Å²) >= 11 is 0. The Hall–Kier alpha value is -1.49. The van der Waals surface area contributed by atoms with E-state index in [1.165, 1.54) is 6.07 Å². The van der Waals surface area contributed by atoms with Gasteiger partial charge >= 0.3 is 24.8 Å². The monoisotopic (exact) mass is 304 g/mol. The van der Waals surface area contributed by atoms with Crippen molar-refractivity contribution in [2.75, 3.05) is 29.5 Å². The number of carboxylic acids is 1. The molecular formula is C12H13LiN2O5S. The van der Waals surface area contributed by atoms with Crippen molar-refractivity contribution in [2.24, 2.45) is 0 Å². The standard InChI is InChI=1S/C12H12N2O5S.Li.H/c15-11(16)8-2-1-3-9-10(8)13-12(19-9)14-4-6-20(17,18)7-5-14;;/h1-3H,4-7H2,(H,15,16);;/q;+1;-1. The summed E-state index contributed by atoms with van der Waals surface area (Å²) < 4.78 is 28.3. The molecule has 1 aromatic carbocycles. The van der Waals surface area contributed by atoms with Crippen LogP contribution in [0.4, 0.5) is 6.01 Å². The second kappa shape index (κ2) is 5.71. The average Bonchev–Trinajstić information content (AvgIpc) is 2.81. The zero-order valence-electron chi connectivity index (χ0n) is 12.4. The molecule has 7 nitrogen and oxygen atoms in total. The van der Waals surface area contributed by atoms with Gasteiger partial charge in [0.2, 0.25) is 0 Å². The fourth-order valence-electron chi connectivity index (χ4n) is 2.15. The van der Waals surface area contributed by atoms with E-state index in [2.05, 4.69) is 4.98 Å². The normalized spacial score (nSPS) is 17.4. The van der Waals surface area contributed by atoms with Gasteiger partial charge < -0.3 is 15.9 Å². The zero-order valence-corrected chi connectivity index (χ0v) is 12.3. The Balaban J connectivity index is 0.00000121. The molecule has 21 heavy (non-hydrogen) atoms. The van der Waals surface area contributed by atoms with Crippen LogP contribution >= 0.6 is 0 Å². The van der Waals surface area contributed by atoms with Gasteiger partial charge in [-0.25, -0.2) is 13.2 Å². The molecule has 1 N–H and O–H groups in total. The molecule has 1 saturated heterocycles. The van der Waals surface area contributed by atoms with Crippen LogP contribution in [0.5, 0.6) is 0 Å². The second-order valence-corrected chi connectivity index (χ2v) is 6.90. The van der Waals surface area contributed by atoms with E-state index in [0.29, 0.717) is 18.7 Å². The number of benzene rings is 1. The van der Waals surface area contributed by atoms with Crippen LogP contribution in [-0.2, 0) is 9.84 Å². The van der Waals surface area contributed by atoms with Crippen LogP contribution in [0.15, 0.2) is 22.6 Å². The Morgan fingerprint density at radius 3 is 2.62 bits per heavy atom. The van der Waals surface area contributed by atoms with Gasteiger partial charge in [0.1, 0.15) is 5.52 Å². The molecule has 1 aromatic heterocycles. The minimum absolute atomic E-state index is 0. The molecule has 0 amide bonds. The Morgan fingerprint density at radius 2 is 2.00 bits per heavy atom. The first-order valence-corrected chi connectivity index (χ1v) is 7.87. The van der Waals surface area contributed by atoms with E-state index in [1.807, 2.05) is 0 Å². The molecule has 0 atom stereocenters. The minimum Gasteiger partial charge on any atom is -1.00 e. The quantitative estimate of drug-likeness (QED) is 0.633. The molecule has 0 bridgehead atoms. The summed E-state index contributed by atoms with van der Waals surface area (Å²) in [4.78, 5) is 17.0. The first kappa shape index (κ1) is 15.9. The maximum Gasteiger partial charge on any atom is 1.00 e. The predicted octanol–water partition coefficient (Wildman–Crippen LogP) is -2.12. The van der Waals surface area contributed by atoms with E-state index >= 15 is 0 Å². The fraction of sp³-hybridized carbons (Fsp3) is 0.333. The number of carboxylic acid groups (broad SMARTS) is 1. The van der Waals surface area contributed by atoms with E-state index in [4.69, 9.17) is 9.52 Å². The Bertz CT molecular complexity index is 778. The van der Waals surface area contributed by atoms with Gasteiger partial charge in [-0.3, -0.25) is 0 Å². The van der Waals surface area contributed by atoms with Gasteiger partial charge in [-0.2, -0.15) is 4.98 Å². The van der Waals surface area contributed by atoms with Gasteiger partial charge in [0.15, 0.2) is 15.4 Å². The number of rotatable bonds is 2. The number of nitrogens with zero attached hydrogens (tertiary/aromatic N) is 2. The van der Waals surface area contributed by atoms with Crippen molar-refractivity contribution in [3.05, 3.63) is 23.8 Å². The number of para-hydroxylation sites is 1. The third kappa shape index (κ3) is 3.07. The van der Waals surface area contributed by atoms with Crippen LogP contribution in [0, 0.1) is 0 Å². The van der Waals surface area contributed by atoms with Gasteiger partial charge in [0.05, 0.1) is 17.1 Å². The topological polar surface area (TPSA) is 101 Å². The number of fused-ring (bicyclic) bond motifs is 1. The van der Waals surface area contributed by atoms with Crippen LogP contribution in [0.1, 0.15) is 11.8 Å². The number of anilines is 1. The number of hydrogen-bond acceptors (Lipinski definition) is 6. The molecule has 0 radical (unpaired) electrons. The number of sulfone groups is 1. The number of aromatic carboxylic acids is 1. The first-order chi connectivity index (χ1) is 9.46. The van der Waals surface area contributed by atoms with Crippen molar-refractivity contribution in [1.82, 2.24) is 4.98 Å². The molecule has 108 valence electrons. The van der Waals surface area contributed by atoms with Crippen molar-refractivity contribution in [3.63, 3.8) is 0 Å². The van der Waals surface area contributed by atoms with Crippen LogP contribution in [-0.4, -0.2) is 49.1 Å². The maximum absolute atomic E-state index is 11.4. The largest absolute Gasteiger partial charge is 1.00 e. The Kier molecular flexibility index (Phi) is 4.32. The van der Waals surface area contributed by atoms with E-state index < -0.39 is 15.8 Å². The van der Waals surface area contributed by atoms with Crippen LogP contribution in [0.2, 0.25) is 0 Å². The summed E-state index contributed by atoms with van der Waals surface area (Å²) in [5, 5.41) is 9.10. The van der Waals surface area contributed by atoms with E-state index in [9.17, 15) is 13.2 Å². The van der Waals surface area contributed by atoms with Gasteiger partial charge in [0.25, 0.3) is 6.01 Å². The molecule has 3 rings (SSSR count). The Morgan fingerprint density at radius 1 is 1.33 bits per heavy atom. The van der Waals surface area contributed by atoms with Crippen LogP contribution in [0.3, 0.4) is 0 Å². The predicted molar refractivity (Wildman–Crippen MR) is 72.9 cm³/mol. The average molecular weight is 304 g/mol. The van der Waals surface area contributed by atoms with E-state index in [1.54, 1.807) is 17.0 Å². The van der Waals surface area contributed by atoms with Crippen LogP contribution in [0.25, 0.3) is 11.1 Å². The maximum atomic E-state index is 11.4. The molecule has 1 aliphatic rings. The van der Waals surface area contributed by atoms with E-state index in [-0.39, 0.29) is 48.9 Å². The van der Waals surface area contributed by atoms with Crippen LogP contribution < -0.4 is 23.8 Å².